The average molecular weight is 212 g/mol. The average Bonchev–Trinajstić information content (AvgIpc) is 2.82. The van der Waals surface area contributed by atoms with Crippen LogP contribution in [0.4, 0.5) is 0 Å². The van der Waals surface area contributed by atoms with E-state index in [1.54, 1.807) is 11.3 Å². The molecule has 0 fully saturated rings. The van der Waals surface area contributed by atoms with E-state index in [2.05, 4.69) is 21.4 Å². The standard InChI is InChI=1S/C12H8N2S/c1-2-4-11-10(3-1)13-7-12(14-11)9-5-6-15-8-9/h1-8H. The van der Waals surface area contributed by atoms with Crippen LogP contribution in [0.3, 0.4) is 0 Å². The Morgan fingerprint density at radius 1 is 1.00 bits per heavy atom. The SMILES string of the molecule is c1ccc2nc(-c3ccsc3)cnc2c1. The zero-order valence-corrected chi connectivity index (χ0v) is 8.74. The highest BCUT2D eigenvalue weighted by atomic mass is 32.1. The van der Waals surface area contributed by atoms with Crippen molar-refractivity contribution in [3.63, 3.8) is 0 Å². The Kier molecular flexibility index (Phi) is 1.96. The lowest BCUT2D eigenvalue weighted by molar-refractivity contribution is 1.30. The minimum Gasteiger partial charge on any atom is -0.252 e. The first-order valence-corrected chi connectivity index (χ1v) is 5.62. The van der Waals surface area contributed by atoms with E-state index in [-0.39, 0.29) is 0 Å². The van der Waals surface area contributed by atoms with Crippen molar-refractivity contribution in [2.24, 2.45) is 0 Å². The molecule has 0 aliphatic rings. The Morgan fingerprint density at radius 2 is 1.87 bits per heavy atom. The van der Waals surface area contributed by atoms with Crippen molar-refractivity contribution in [1.29, 1.82) is 0 Å². The van der Waals surface area contributed by atoms with E-state index in [0.717, 1.165) is 22.3 Å². The van der Waals surface area contributed by atoms with Gasteiger partial charge in [-0.15, -0.1) is 0 Å². The molecule has 0 bridgehead atoms. The molecule has 0 spiro atoms. The van der Waals surface area contributed by atoms with Gasteiger partial charge in [0, 0.05) is 10.9 Å². The third kappa shape index (κ3) is 1.51. The molecule has 15 heavy (non-hydrogen) atoms. The van der Waals surface area contributed by atoms with Crippen LogP contribution in [0.25, 0.3) is 22.3 Å². The molecule has 0 saturated heterocycles. The maximum absolute atomic E-state index is 4.56. The van der Waals surface area contributed by atoms with Gasteiger partial charge in [0.25, 0.3) is 0 Å². The normalized spacial score (nSPS) is 10.7. The molecule has 0 N–H and O–H groups in total. The second-order valence-electron chi connectivity index (χ2n) is 3.26. The molecule has 2 heterocycles. The molecule has 0 atom stereocenters. The van der Waals surface area contributed by atoms with Crippen LogP contribution in [0.2, 0.25) is 0 Å². The first-order valence-electron chi connectivity index (χ1n) is 4.68. The van der Waals surface area contributed by atoms with Gasteiger partial charge in [0.05, 0.1) is 22.9 Å². The topological polar surface area (TPSA) is 25.8 Å². The summed E-state index contributed by atoms with van der Waals surface area (Å²) in [4.78, 5) is 8.94. The summed E-state index contributed by atoms with van der Waals surface area (Å²) in [5, 5.41) is 4.13. The quantitative estimate of drug-likeness (QED) is 0.618. The lowest BCUT2D eigenvalue weighted by atomic mass is 10.2. The summed E-state index contributed by atoms with van der Waals surface area (Å²) in [5.74, 6) is 0. The van der Waals surface area contributed by atoms with Gasteiger partial charge in [-0.25, -0.2) is 4.98 Å². The van der Waals surface area contributed by atoms with Gasteiger partial charge in [-0.1, -0.05) is 12.1 Å². The fraction of sp³-hybridized carbons (Fsp3) is 0. The second kappa shape index (κ2) is 3.44. The number of fused-ring (bicyclic) bond motifs is 1. The second-order valence-corrected chi connectivity index (χ2v) is 4.04. The maximum atomic E-state index is 4.56. The van der Waals surface area contributed by atoms with Crippen molar-refractivity contribution in [3.05, 3.63) is 47.3 Å². The number of para-hydroxylation sites is 2. The van der Waals surface area contributed by atoms with E-state index in [0.29, 0.717) is 0 Å². The summed E-state index contributed by atoms with van der Waals surface area (Å²) < 4.78 is 0. The van der Waals surface area contributed by atoms with Crippen LogP contribution in [-0.4, -0.2) is 9.97 Å². The Bertz CT molecular complexity index is 587. The van der Waals surface area contributed by atoms with Crippen LogP contribution in [0, 0.1) is 0 Å². The molecule has 1 aromatic carbocycles. The lowest BCUT2D eigenvalue weighted by Crippen LogP contribution is -1.86. The summed E-state index contributed by atoms with van der Waals surface area (Å²) in [7, 11) is 0. The highest BCUT2D eigenvalue weighted by molar-refractivity contribution is 7.08. The van der Waals surface area contributed by atoms with Crippen molar-refractivity contribution in [1.82, 2.24) is 9.97 Å². The summed E-state index contributed by atoms with van der Waals surface area (Å²) in [6.07, 6.45) is 1.82. The molecule has 72 valence electrons. The van der Waals surface area contributed by atoms with Gasteiger partial charge >= 0.3 is 0 Å². The van der Waals surface area contributed by atoms with E-state index in [9.17, 15) is 0 Å². The zero-order chi connectivity index (χ0) is 10.1. The van der Waals surface area contributed by atoms with Crippen molar-refractivity contribution < 1.29 is 0 Å². The fourth-order valence-corrected chi connectivity index (χ4v) is 2.16. The Balaban J connectivity index is 2.22. The molecular formula is C12H8N2S. The van der Waals surface area contributed by atoms with E-state index in [1.165, 1.54) is 0 Å². The van der Waals surface area contributed by atoms with E-state index >= 15 is 0 Å². The summed E-state index contributed by atoms with van der Waals surface area (Å²) in [6, 6.07) is 9.97. The molecule has 0 aliphatic carbocycles. The summed E-state index contributed by atoms with van der Waals surface area (Å²) in [5.41, 5.74) is 3.96. The molecule has 0 unspecified atom stereocenters. The first kappa shape index (κ1) is 8.56. The molecule has 3 aromatic rings. The zero-order valence-electron chi connectivity index (χ0n) is 7.92. The fourth-order valence-electron chi connectivity index (χ4n) is 1.51. The lowest BCUT2D eigenvalue weighted by Gasteiger charge is -1.99. The number of nitrogens with zero attached hydrogens (tertiary/aromatic N) is 2. The molecule has 0 saturated carbocycles. The van der Waals surface area contributed by atoms with Crippen molar-refractivity contribution in [2.45, 2.75) is 0 Å². The number of benzene rings is 1. The predicted molar refractivity (Wildman–Crippen MR) is 62.9 cm³/mol. The van der Waals surface area contributed by atoms with Gasteiger partial charge in [0.1, 0.15) is 0 Å². The van der Waals surface area contributed by atoms with Gasteiger partial charge in [-0.2, -0.15) is 11.3 Å². The third-order valence-electron chi connectivity index (χ3n) is 2.27. The van der Waals surface area contributed by atoms with Crippen molar-refractivity contribution in [3.8, 4) is 11.3 Å². The monoisotopic (exact) mass is 212 g/mol. The molecule has 0 aliphatic heterocycles. The van der Waals surface area contributed by atoms with E-state index in [1.807, 2.05) is 35.8 Å². The predicted octanol–water partition coefficient (Wildman–Crippen LogP) is 3.36. The molecule has 0 radical (unpaired) electrons. The van der Waals surface area contributed by atoms with Crippen LogP contribution >= 0.6 is 11.3 Å². The molecule has 2 nitrogen and oxygen atoms in total. The Labute approximate surface area is 91.2 Å². The molecule has 3 heteroatoms. The maximum Gasteiger partial charge on any atom is 0.0901 e. The van der Waals surface area contributed by atoms with Crippen LogP contribution in [0.5, 0.6) is 0 Å². The highest BCUT2D eigenvalue weighted by Crippen LogP contribution is 2.21. The number of rotatable bonds is 1. The van der Waals surface area contributed by atoms with Crippen molar-refractivity contribution >= 4 is 22.4 Å². The van der Waals surface area contributed by atoms with Gasteiger partial charge in [0.2, 0.25) is 0 Å². The first-order chi connectivity index (χ1) is 7.43. The number of thiophene rings is 1. The van der Waals surface area contributed by atoms with Crippen LogP contribution in [-0.2, 0) is 0 Å². The minimum atomic E-state index is 0.940. The van der Waals surface area contributed by atoms with Gasteiger partial charge in [0.15, 0.2) is 0 Å². The minimum absolute atomic E-state index is 0.940. The number of hydrogen-bond acceptors (Lipinski definition) is 3. The Hall–Kier alpha value is -1.74. The highest BCUT2D eigenvalue weighted by Gasteiger charge is 2.01. The molecule has 2 aromatic heterocycles. The molecular weight excluding hydrogens is 204 g/mol. The molecule has 0 amide bonds. The number of aromatic nitrogens is 2. The largest absolute Gasteiger partial charge is 0.252 e. The summed E-state index contributed by atoms with van der Waals surface area (Å²) >= 11 is 1.67. The smallest absolute Gasteiger partial charge is 0.0901 e. The van der Waals surface area contributed by atoms with E-state index < -0.39 is 0 Å². The van der Waals surface area contributed by atoms with Gasteiger partial charge < -0.3 is 0 Å². The van der Waals surface area contributed by atoms with Gasteiger partial charge in [-0.05, 0) is 23.6 Å². The van der Waals surface area contributed by atoms with Crippen molar-refractivity contribution in [2.75, 3.05) is 0 Å². The summed E-state index contributed by atoms with van der Waals surface area (Å²) in [6.45, 7) is 0. The van der Waals surface area contributed by atoms with Crippen LogP contribution < -0.4 is 0 Å². The Morgan fingerprint density at radius 3 is 2.67 bits per heavy atom. The van der Waals surface area contributed by atoms with Crippen LogP contribution in [0.15, 0.2) is 47.3 Å². The van der Waals surface area contributed by atoms with Gasteiger partial charge in [-0.3, -0.25) is 4.98 Å². The van der Waals surface area contributed by atoms with Crippen LogP contribution in [0.1, 0.15) is 0 Å². The molecule has 3 rings (SSSR count). The van der Waals surface area contributed by atoms with E-state index in [4.69, 9.17) is 0 Å². The number of hydrogen-bond donors (Lipinski definition) is 0. The third-order valence-corrected chi connectivity index (χ3v) is 2.95.